The van der Waals surface area contributed by atoms with Crippen molar-refractivity contribution in [3.05, 3.63) is 53.3 Å². The van der Waals surface area contributed by atoms with Gasteiger partial charge in [-0.1, -0.05) is 37.3 Å². The Bertz CT molecular complexity index is 548. The van der Waals surface area contributed by atoms with E-state index in [1.807, 2.05) is 25.1 Å². The summed E-state index contributed by atoms with van der Waals surface area (Å²) in [5.41, 5.74) is 3.26. The Morgan fingerprint density at radius 3 is 2.70 bits per heavy atom. The van der Waals surface area contributed by atoms with Crippen molar-refractivity contribution in [1.29, 1.82) is 0 Å². The number of rotatable bonds is 6. The molecule has 0 aliphatic carbocycles. The second-order valence-electron chi connectivity index (χ2n) is 5.02. The highest BCUT2D eigenvalue weighted by atomic mass is 16.1. The lowest BCUT2D eigenvalue weighted by Gasteiger charge is -2.15. The average Bonchev–Trinajstić information content (AvgIpc) is 2.89. The fraction of sp³-hybridized carbons (Fsp3) is 0.375. The van der Waals surface area contributed by atoms with Crippen LogP contribution in [0.4, 0.5) is 0 Å². The number of benzene rings is 1. The molecule has 1 heterocycles. The van der Waals surface area contributed by atoms with Crippen LogP contribution in [0.2, 0.25) is 0 Å². The molecule has 4 nitrogen and oxygen atoms in total. The van der Waals surface area contributed by atoms with Gasteiger partial charge in [0, 0.05) is 24.2 Å². The Balaban J connectivity index is 1.88. The molecule has 1 aromatic carbocycles. The molecular formula is C16H21N3O. The Morgan fingerprint density at radius 2 is 2.10 bits per heavy atom. The molecule has 2 N–H and O–H groups in total. The molecule has 4 heteroatoms. The van der Waals surface area contributed by atoms with Gasteiger partial charge in [-0.2, -0.15) is 5.10 Å². The minimum Gasteiger partial charge on any atom is -0.352 e. The topological polar surface area (TPSA) is 57.8 Å². The highest BCUT2D eigenvalue weighted by Gasteiger charge is 2.14. The summed E-state index contributed by atoms with van der Waals surface area (Å²) in [5, 5.41) is 9.78. The maximum Gasteiger partial charge on any atom is 0.220 e. The number of amides is 1. The Morgan fingerprint density at radius 1 is 1.35 bits per heavy atom. The van der Waals surface area contributed by atoms with E-state index in [0.29, 0.717) is 13.0 Å². The lowest BCUT2D eigenvalue weighted by molar-refractivity contribution is -0.121. The molecule has 20 heavy (non-hydrogen) atoms. The standard InChI is InChI=1S/C16H21N3O/c1-3-13(14-7-5-4-6-8-14)9-16(20)17-10-15-11-18-19-12(15)2/h4-8,11,13H,3,9-10H2,1-2H3,(H,17,20)(H,18,19). The molecule has 2 aromatic rings. The van der Waals surface area contributed by atoms with Gasteiger partial charge in [0.1, 0.15) is 0 Å². The lowest BCUT2D eigenvalue weighted by atomic mass is 9.93. The van der Waals surface area contributed by atoms with Crippen molar-refractivity contribution in [2.75, 3.05) is 0 Å². The third kappa shape index (κ3) is 3.70. The Labute approximate surface area is 119 Å². The highest BCUT2D eigenvalue weighted by molar-refractivity contribution is 5.76. The van der Waals surface area contributed by atoms with E-state index in [1.165, 1.54) is 5.56 Å². The monoisotopic (exact) mass is 271 g/mol. The molecule has 0 aliphatic rings. The van der Waals surface area contributed by atoms with E-state index >= 15 is 0 Å². The number of nitrogens with zero attached hydrogens (tertiary/aromatic N) is 1. The summed E-state index contributed by atoms with van der Waals surface area (Å²) in [6, 6.07) is 10.2. The number of carbonyl (C=O) groups is 1. The van der Waals surface area contributed by atoms with Crippen LogP contribution in [0, 0.1) is 6.92 Å². The molecule has 0 radical (unpaired) electrons. The first kappa shape index (κ1) is 14.3. The summed E-state index contributed by atoms with van der Waals surface area (Å²) in [4.78, 5) is 12.1. The van der Waals surface area contributed by atoms with Crippen molar-refractivity contribution >= 4 is 5.91 Å². The Kier molecular flexibility index (Phi) is 4.93. The van der Waals surface area contributed by atoms with Crippen LogP contribution in [0.5, 0.6) is 0 Å². The molecule has 0 bridgehead atoms. The van der Waals surface area contributed by atoms with Crippen LogP contribution in [0.25, 0.3) is 0 Å². The smallest absolute Gasteiger partial charge is 0.220 e. The molecule has 1 amide bonds. The van der Waals surface area contributed by atoms with Crippen molar-refractivity contribution in [1.82, 2.24) is 15.5 Å². The second-order valence-corrected chi connectivity index (χ2v) is 5.02. The maximum atomic E-state index is 12.1. The van der Waals surface area contributed by atoms with E-state index in [-0.39, 0.29) is 11.8 Å². The molecule has 106 valence electrons. The summed E-state index contributed by atoms with van der Waals surface area (Å²) in [7, 11) is 0. The summed E-state index contributed by atoms with van der Waals surface area (Å²) in [6.45, 7) is 4.60. The van der Waals surface area contributed by atoms with Crippen LogP contribution in [-0.4, -0.2) is 16.1 Å². The van der Waals surface area contributed by atoms with Crippen molar-refractivity contribution in [3.8, 4) is 0 Å². The van der Waals surface area contributed by atoms with Crippen molar-refractivity contribution < 1.29 is 4.79 Å². The van der Waals surface area contributed by atoms with Crippen LogP contribution >= 0.6 is 0 Å². The number of aryl methyl sites for hydroxylation is 1. The highest BCUT2D eigenvalue weighted by Crippen LogP contribution is 2.22. The first-order chi connectivity index (χ1) is 9.70. The summed E-state index contributed by atoms with van der Waals surface area (Å²) >= 11 is 0. The van der Waals surface area contributed by atoms with Gasteiger partial charge >= 0.3 is 0 Å². The van der Waals surface area contributed by atoms with Gasteiger partial charge in [-0.25, -0.2) is 0 Å². The van der Waals surface area contributed by atoms with E-state index in [2.05, 4.69) is 34.6 Å². The summed E-state index contributed by atoms with van der Waals surface area (Å²) in [6.07, 6.45) is 3.24. The number of carbonyl (C=O) groups excluding carboxylic acids is 1. The van der Waals surface area contributed by atoms with E-state index in [1.54, 1.807) is 6.20 Å². The quantitative estimate of drug-likeness (QED) is 0.848. The van der Waals surface area contributed by atoms with Crippen LogP contribution in [0.15, 0.2) is 36.5 Å². The van der Waals surface area contributed by atoms with E-state index < -0.39 is 0 Å². The first-order valence-electron chi connectivity index (χ1n) is 7.01. The Hall–Kier alpha value is -2.10. The van der Waals surface area contributed by atoms with Crippen LogP contribution in [0.3, 0.4) is 0 Å². The predicted molar refractivity (Wildman–Crippen MR) is 79.3 cm³/mol. The van der Waals surface area contributed by atoms with Crippen molar-refractivity contribution in [3.63, 3.8) is 0 Å². The van der Waals surface area contributed by atoms with Gasteiger partial charge in [-0.05, 0) is 24.8 Å². The number of hydrogen-bond acceptors (Lipinski definition) is 2. The van der Waals surface area contributed by atoms with Crippen molar-refractivity contribution in [2.24, 2.45) is 0 Å². The van der Waals surface area contributed by atoms with Gasteiger partial charge in [-0.15, -0.1) is 0 Å². The minimum absolute atomic E-state index is 0.0845. The van der Waals surface area contributed by atoms with Gasteiger partial charge in [0.15, 0.2) is 0 Å². The zero-order chi connectivity index (χ0) is 14.4. The van der Waals surface area contributed by atoms with Gasteiger partial charge in [0.25, 0.3) is 0 Å². The average molecular weight is 271 g/mol. The molecule has 1 unspecified atom stereocenters. The number of aromatic amines is 1. The normalized spacial score (nSPS) is 12.1. The minimum atomic E-state index is 0.0845. The van der Waals surface area contributed by atoms with Crippen molar-refractivity contribution in [2.45, 2.75) is 39.2 Å². The third-order valence-electron chi connectivity index (χ3n) is 3.61. The van der Waals surface area contributed by atoms with E-state index in [9.17, 15) is 4.79 Å². The predicted octanol–water partition coefficient (Wildman–Crippen LogP) is 2.92. The fourth-order valence-corrected chi connectivity index (χ4v) is 2.27. The second kappa shape index (κ2) is 6.89. The SMILES string of the molecule is CCC(CC(=O)NCc1cn[nH]c1C)c1ccccc1. The summed E-state index contributed by atoms with van der Waals surface area (Å²) in [5.74, 6) is 0.364. The molecule has 2 rings (SSSR count). The van der Waals surface area contributed by atoms with Gasteiger partial charge in [0.2, 0.25) is 5.91 Å². The van der Waals surface area contributed by atoms with Crippen LogP contribution in [-0.2, 0) is 11.3 Å². The number of nitrogens with one attached hydrogen (secondary N) is 2. The molecule has 0 aliphatic heterocycles. The zero-order valence-corrected chi connectivity index (χ0v) is 12.0. The van der Waals surface area contributed by atoms with E-state index in [4.69, 9.17) is 0 Å². The molecule has 0 saturated carbocycles. The largest absolute Gasteiger partial charge is 0.352 e. The van der Waals surface area contributed by atoms with Crippen LogP contribution < -0.4 is 5.32 Å². The van der Waals surface area contributed by atoms with Gasteiger partial charge in [-0.3, -0.25) is 9.89 Å². The number of H-pyrrole nitrogens is 1. The van der Waals surface area contributed by atoms with Gasteiger partial charge in [0.05, 0.1) is 6.20 Å². The zero-order valence-electron chi connectivity index (χ0n) is 12.0. The molecule has 1 aromatic heterocycles. The number of hydrogen-bond donors (Lipinski definition) is 2. The third-order valence-corrected chi connectivity index (χ3v) is 3.61. The molecule has 0 spiro atoms. The van der Waals surface area contributed by atoms with E-state index in [0.717, 1.165) is 17.7 Å². The summed E-state index contributed by atoms with van der Waals surface area (Å²) < 4.78 is 0. The number of aromatic nitrogens is 2. The molecule has 0 saturated heterocycles. The lowest BCUT2D eigenvalue weighted by Crippen LogP contribution is -2.24. The first-order valence-corrected chi connectivity index (χ1v) is 7.01. The molecule has 1 atom stereocenters. The molecular weight excluding hydrogens is 250 g/mol. The fourth-order valence-electron chi connectivity index (χ4n) is 2.27. The van der Waals surface area contributed by atoms with Crippen LogP contribution in [0.1, 0.15) is 42.5 Å². The molecule has 0 fully saturated rings. The van der Waals surface area contributed by atoms with Gasteiger partial charge < -0.3 is 5.32 Å². The maximum absolute atomic E-state index is 12.1.